The molecule has 1 aromatic carbocycles. The van der Waals surface area contributed by atoms with Gasteiger partial charge in [-0.2, -0.15) is 0 Å². The molecule has 0 fully saturated rings. The number of amides is 1. The van der Waals surface area contributed by atoms with Crippen LogP contribution in [0.25, 0.3) is 0 Å². The molecule has 20 heavy (non-hydrogen) atoms. The topological polar surface area (TPSA) is 54.6 Å². The van der Waals surface area contributed by atoms with Gasteiger partial charge in [-0.3, -0.25) is 9.79 Å². The van der Waals surface area contributed by atoms with E-state index in [0.717, 1.165) is 27.3 Å². The predicted octanol–water partition coefficient (Wildman–Crippen LogP) is 4.37. The van der Waals surface area contributed by atoms with E-state index in [1.165, 1.54) is 0 Å². The van der Waals surface area contributed by atoms with Gasteiger partial charge < -0.3 is 9.73 Å². The van der Waals surface area contributed by atoms with Crippen molar-refractivity contribution in [1.82, 2.24) is 0 Å². The van der Waals surface area contributed by atoms with E-state index in [1.807, 2.05) is 43.3 Å². The minimum atomic E-state index is 0.0360. The fourth-order valence-corrected chi connectivity index (χ4v) is 2.05. The standard InChI is InChI=1S/C15H15IN2O2/c1-2-3-15(19)18-12-6-4-11(5-7-12)17-10-13-8-9-14(16)20-13/h4-10H,2-3H2,1H3,(H,18,19). The van der Waals surface area contributed by atoms with Crippen LogP contribution in [0, 0.1) is 3.77 Å². The molecular weight excluding hydrogens is 367 g/mol. The molecule has 0 unspecified atom stereocenters. The van der Waals surface area contributed by atoms with Crippen molar-refractivity contribution in [2.24, 2.45) is 4.99 Å². The maximum absolute atomic E-state index is 11.5. The molecule has 4 nitrogen and oxygen atoms in total. The summed E-state index contributed by atoms with van der Waals surface area (Å²) in [5.74, 6) is 0.753. The van der Waals surface area contributed by atoms with Gasteiger partial charge in [-0.25, -0.2) is 0 Å². The van der Waals surface area contributed by atoms with Gasteiger partial charge in [-0.15, -0.1) is 0 Å². The molecule has 5 heteroatoms. The molecule has 0 saturated heterocycles. The van der Waals surface area contributed by atoms with E-state index in [9.17, 15) is 4.79 Å². The van der Waals surface area contributed by atoms with Crippen LogP contribution in [0.2, 0.25) is 0 Å². The summed E-state index contributed by atoms with van der Waals surface area (Å²) in [6.45, 7) is 1.98. The van der Waals surface area contributed by atoms with Crippen LogP contribution in [-0.4, -0.2) is 12.1 Å². The summed E-state index contributed by atoms with van der Waals surface area (Å²) in [4.78, 5) is 15.8. The van der Waals surface area contributed by atoms with Gasteiger partial charge in [0.25, 0.3) is 0 Å². The fourth-order valence-electron chi connectivity index (χ4n) is 1.62. The molecule has 0 saturated carbocycles. The number of carbonyl (C=O) groups excluding carboxylic acids is 1. The predicted molar refractivity (Wildman–Crippen MR) is 88.7 cm³/mol. The first-order valence-corrected chi connectivity index (χ1v) is 7.44. The smallest absolute Gasteiger partial charge is 0.224 e. The summed E-state index contributed by atoms with van der Waals surface area (Å²) in [7, 11) is 0. The molecule has 104 valence electrons. The lowest BCUT2D eigenvalue weighted by Gasteiger charge is -2.03. The number of furan rings is 1. The number of nitrogens with one attached hydrogen (secondary N) is 1. The Labute approximate surface area is 131 Å². The minimum Gasteiger partial charge on any atom is -0.449 e. The highest BCUT2D eigenvalue weighted by atomic mass is 127. The van der Waals surface area contributed by atoms with E-state index < -0.39 is 0 Å². The summed E-state index contributed by atoms with van der Waals surface area (Å²) < 4.78 is 6.22. The number of benzene rings is 1. The molecule has 0 radical (unpaired) electrons. The van der Waals surface area contributed by atoms with Gasteiger partial charge in [0.1, 0.15) is 5.76 Å². The van der Waals surface area contributed by atoms with E-state index in [-0.39, 0.29) is 5.91 Å². The van der Waals surface area contributed by atoms with Gasteiger partial charge in [0.15, 0.2) is 3.77 Å². The van der Waals surface area contributed by atoms with Crippen LogP contribution in [-0.2, 0) is 4.79 Å². The Kier molecular flexibility index (Phi) is 5.34. The van der Waals surface area contributed by atoms with Gasteiger partial charge >= 0.3 is 0 Å². The molecule has 0 bridgehead atoms. The molecule has 0 spiro atoms. The average molecular weight is 382 g/mol. The zero-order chi connectivity index (χ0) is 14.4. The first-order chi connectivity index (χ1) is 9.67. The lowest BCUT2D eigenvalue weighted by Crippen LogP contribution is -2.10. The normalized spacial score (nSPS) is 10.9. The van der Waals surface area contributed by atoms with Crippen molar-refractivity contribution in [3.8, 4) is 0 Å². The monoisotopic (exact) mass is 382 g/mol. The van der Waals surface area contributed by atoms with Crippen LogP contribution >= 0.6 is 22.6 Å². The highest BCUT2D eigenvalue weighted by molar-refractivity contribution is 14.1. The maximum atomic E-state index is 11.5. The fraction of sp³-hybridized carbons (Fsp3) is 0.200. The number of anilines is 1. The third kappa shape index (κ3) is 4.48. The molecule has 0 aliphatic carbocycles. The van der Waals surface area contributed by atoms with Crippen molar-refractivity contribution < 1.29 is 9.21 Å². The number of hydrogen-bond donors (Lipinski definition) is 1. The average Bonchev–Trinajstić information content (AvgIpc) is 2.84. The summed E-state index contributed by atoms with van der Waals surface area (Å²) in [5, 5.41) is 2.84. The molecule has 2 rings (SSSR count). The molecule has 0 atom stereocenters. The number of rotatable bonds is 5. The van der Waals surface area contributed by atoms with Gasteiger partial charge in [0.2, 0.25) is 5.91 Å². The number of aliphatic imine (C=N–C) groups is 1. The van der Waals surface area contributed by atoms with Gasteiger partial charge in [-0.05, 0) is 65.4 Å². The second kappa shape index (κ2) is 7.23. The minimum absolute atomic E-state index is 0.0360. The molecule has 0 aliphatic heterocycles. The van der Waals surface area contributed by atoms with Crippen molar-refractivity contribution >= 4 is 46.1 Å². The first-order valence-electron chi connectivity index (χ1n) is 6.36. The number of carbonyl (C=O) groups is 1. The molecule has 2 aromatic rings. The van der Waals surface area contributed by atoms with E-state index in [4.69, 9.17) is 4.42 Å². The SMILES string of the molecule is CCCC(=O)Nc1ccc(N=Cc2ccc(I)o2)cc1. The highest BCUT2D eigenvalue weighted by Crippen LogP contribution is 2.17. The van der Waals surface area contributed by atoms with Crippen LogP contribution in [0.3, 0.4) is 0 Å². The van der Waals surface area contributed by atoms with Gasteiger partial charge in [0, 0.05) is 12.1 Å². The molecular formula is C15H15IN2O2. The van der Waals surface area contributed by atoms with E-state index in [0.29, 0.717) is 6.42 Å². The van der Waals surface area contributed by atoms with Crippen molar-refractivity contribution in [1.29, 1.82) is 0 Å². The molecule has 1 aromatic heterocycles. The van der Waals surface area contributed by atoms with Gasteiger partial charge in [0.05, 0.1) is 11.9 Å². The molecule has 1 N–H and O–H groups in total. The lowest BCUT2D eigenvalue weighted by molar-refractivity contribution is -0.116. The number of halogens is 1. The largest absolute Gasteiger partial charge is 0.449 e. The Balaban J connectivity index is 1.97. The second-order valence-corrected chi connectivity index (χ2v) is 5.31. The molecule has 1 amide bonds. The highest BCUT2D eigenvalue weighted by Gasteiger charge is 2.00. The quantitative estimate of drug-likeness (QED) is 0.617. The van der Waals surface area contributed by atoms with Crippen LogP contribution in [0.1, 0.15) is 25.5 Å². The summed E-state index contributed by atoms with van der Waals surface area (Å²) in [6.07, 6.45) is 3.06. The summed E-state index contributed by atoms with van der Waals surface area (Å²) in [6, 6.07) is 11.1. The number of nitrogens with zero attached hydrogens (tertiary/aromatic N) is 1. The summed E-state index contributed by atoms with van der Waals surface area (Å²) in [5.41, 5.74) is 1.60. The van der Waals surface area contributed by atoms with Crippen molar-refractivity contribution in [3.63, 3.8) is 0 Å². The van der Waals surface area contributed by atoms with Gasteiger partial charge in [-0.1, -0.05) is 6.92 Å². The van der Waals surface area contributed by atoms with Crippen LogP contribution in [0.4, 0.5) is 11.4 Å². The Bertz CT molecular complexity index is 603. The van der Waals surface area contributed by atoms with E-state index in [1.54, 1.807) is 6.21 Å². The van der Waals surface area contributed by atoms with Crippen LogP contribution in [0.15, 0.2) is 45.8 Å². The maximum Gasteiger partial charge on any atom is 0.224 e. The second-order valence-electron chi connectivity index (χ2n) is 4.25. The van der Waals surface area contributed by atoms with E-state index >= 15 is 0 Å². The lowest BCUT2D eigenvalue weighted by atomic mass is 10.2. The summed E-state index contributed by atoms with van der Waals surface area (Å²) >= 11 is 2.11. The van der Waals surface area contributed by atoms with Crippen molar-refractivity contribution in [3.05, 3.63) is 45.9 Å². The van der Waals surface area contributed by atoms with Crippen LogP contribution < -0.4 is 5.32 Å². The van der Waals surface area contributed by atoms with Crippen LogP contribution in [0.5, 0.6) is 0 Å². The Morgan fingerprint density at radius 1 is 1.30 bits per heavy atom. The molecule has 1 heterocycles. The van der Waals surface area contributed by atoms with Crippen molar-refractivity contribution in [2.45, 2.75) is 19.8 Å². The van der Waals surface area contributed by atoms with E-state index in [2.05, 4.69) is 32.9 Å². The van der Waals surface area contributed by atoms with Crippen molar-refractivity contribution in [2.75, 3.05) is 5.32 Å². The molecule has 0 aliphatic rings. The number of hydrogen-bond acceptors (Lipinski definition) is 3. The third-order valence-corrected chi connectivity index (χ3v) is 3.14. The third-order valence-electron chi connectivity index (χ3n) is 2.56. The zero-order valence-electron chi connectivity index (χ0n) is 11.1. The Morgan fingerprint density at radius 2 is 2.05 bits per heavy atom. The first kappa shape index (κ1) is 14.8. The zero-order valence-corrected chi connectivity index (χ0v) is 13.3. The Hall–Kier alpha value is -1.63. The Morgan fingerprint density at radius 3 is 2.65 bits per heavy atom.